The van der Waals surface area contributed by atoms with E-state index in [0.717, 1.165) is 5.56 Å². The summed E-state index contributed by atoms with van der Waals surface area (Å²) in [5.41, 5.74) is 1.08. The van der Waals surface area contributed by atoms with Gasteiger partial charge in [0.2, 0.25) is 0 Å². The van der Waals surface area contributed by atoms with E-state index < -0.39 is 0 Å². The van der Waals surface area contributed by atoms with Crippen molar-refractivity contribution in [3.05, 3.63) is 60.2 Å². The number of fused-ring (bicyclic) bond motifs is 2. The molecule has 0 aliphatic rings. The Hall–Kier alpha value is -2.35. The molecule has 2 N–H and O–H groups in total. The summed E-state index contributed by atoms with van der Waals surface area (Å²) in [7, 11) is 0. The molecule has 0 unspecified atom stereocenters. The first kappa shape index (κ1) is 9.85. The molecule has 0 bridgehead atoms. The van der Waals surface area contributed by atoms with Crippen LogP contribution >= 0.6 is 0 Å². The van der Waals surface area contributed by atoms with Gasteiger partial charge in [-0.2, -0.15) is 5.10 Å². The van der Waals surface area contributed by atoms with Gasteiger partial charge in [-0.05, 0) is 27.6 Å². The van der Waals surface area contributed by atoms with Crippen molar-refractivity contribution in [1.82, 2.24) is 0 Å². The van der Waals surface area contributed by atoms with Gasteiger partial charge in [0.05, 0.1) is 6.21 Å². The van der Waals surface area contributed by atoms with Gasteiger partial charge in [0, 0.05) is 5.56 Å². The van der Waals surface area contributed by atoms with Crippen LogP contribution in [0.5, 0.6) is 0 Å². The molecule has 0 aliphatic carbocycles. The zero-order valence-electron chi connectivity index (χ0n) is 9.30. The largest absolute Gasteiger partial charge is 0.323 e. The highest BCUT2D eigenvalue weighted by Gasteiger charge is 2.04. The Kier molecular flexibility index (Phi) is 2.26. The summed E-state index contributed by atoms with van der Waals surface area (Å²) in [6.07, 6.45) is 1.73. The van der Waals surface area contributed by atoms with Crippen molar-refractivity contribution in [3.8, 4) is 0 Å². The molecular weight excluding hydrogens is 208 g/mol. The maximum absolute atomic E-state index is 5.31. The summed E-state index contributed by atoms with van der Waals surface area (Å²) >= 11 is 0. The molecule has 0 fully saturated rings. The van der Waals surface area contributed by atoms with E-state index in [0.29, 0.717) is 0 Å². The third kappa shape index (κ3) is 1.54. The molecule has 3 aromatic rings. The number of benzene rings is 3. The Bertz CT molecular complexity index is 660. The molecule has 82 valence electrons. The van der Waals surface area contributed by atoms with Gasteiger partial charge < -0.3 is 5.84 Å². The molecule has 3 aromatic carbocycles. The number of rotatable bonds is 1. The van der Waals surface area contributed by atoms with E-state index in [4.69, 9.17) is 5.84 Å². The fraction of sp³-hybridized carbons (Fsp3) is 0. The van der Waals surface area contributed by atoms with Crippen LogP contribution < -0.4 is 5.84 Å². The Morgan fingerprint density at radius 2 is 1.35 bits per heavy atom. The van der Waals surface area contributed by atoms with Gasteiger partial charge >= 0.3 is 0 Å². The second-order valence-electron chi connectivity index (χ2n) is 4.01. The molecule has 2 nitrogen and oxygen atoms in total. The average molecular weight is 220 g/mol. The molecule has 0 atom stereocenters. The predicted molar refractivity (Wildman–Crippen MR) is 73.2 cm³/mol. The van der Waals surface area contributed by atoms with Crippen molar-refractivity contribution >= 4 is 27.8 Å². The van der Waals surface area contributed by atoms with Crippen molar-refractivity contribution in [2.24, 2.45) is 10.9 Å². The molecule has 0 aromatic heterocycles. The first-order valence-electron chi connectivity index (χ1n) is 5.54. The fourth-order valence-corrected chi connectivity index (χ4v) is 2.26. The van der Waals surface area contributed by atoms with Crippen molar-refractivity contribution in [2.45, 2.75) is 0 Å². The maximum Gasteiger partial charge on any atom is 0.0550 e. The quantitative estimate of drug-likeness (QED) is 0.290. The van der Waals surface area contributed by atoms with Crippen LogP contribution in [-0.4, -0.2) is 6.21 Å². The predicted octanol–water partition coefficient (Wildman–Crippen LogP) is 3.29. The van der Waals surface area contributed by atoms with Gasteiger partial charge in [-0.15, -0.1) is 0 Å². The highest BCUT2D eigenvalue weighted by Crippen LogP contribution is 2.26. The van der Waals surface area contributed by atoms with Crippen LogP contribution in [0, 0.1) is 0 Å². The number of hydrogen-bond acceptors (Lipinski definition) is 2. The van der Waals surface area contributed by atoms with Crippen LogP contribution in [0.15, 0.2) is 59.7 Å². The molecule has 0 spiro atoms. The summed E-state index contributed by atoms with van der Waals surface area (Å²) in [4.78, 5) is 0. The highest BCUT2D eigenvalue weighted by atomic mass is 15.1. The van der Waals surface area contributed by atoms with Gasteiger partial charge in [0.15, 0.2) is 0 Å². The van der Waals surface area contributed by atoms with Crippen molar-refractivity contribution < 1.29 is 0 Å². The maximum atomic E-state index is 5.31. The van der Waals surface area contributed by atoms with Gasteiger partial charge in [-0.25, -0.2) is 0 Å². The number of hydrazone groups is 1. The van der Waals surface area contributed by atoms with Gasteiger partial charge in [0.1, 0.15) is 0 Å². The van der Waals surface area contributed by atoms with Gasteiger partial charge in [0.25, 0.3) is 0 Å². The monoisotopic (exact) mass is 220 g/mol. The molecule has 2 heteroatoms. The molecule has 0 saturated carbocycles. The van der Waals surface area contributed by atoms with Crippen LogP contribution in [0.25, 0.3) is 21.5 Å². The van der Waals surface area contributed by atoms with E-state index in [-0.39, 0.29) is 0 Å². The fourth-order valence-electron chi connectivity index (χ4n) is 2.26. The summed E-state index contributed by atoms with van der Waals surface area (Å²) in [6, 6.07) is 18.7. The van der Waals surface area contributed by atoms with E-state index >= 15 is 0 Å². The third-order valence-corrected chi connectivity index (χ3v) is 3.02. The Morgan fingerprint density at radius 3 is 1.88 bits per heavy atom. The highest BCUT2D eigenvalue weighted by molar-refractivity contribution is 6.13. The van der Waals surface area contributed by atoms with Crippen LogP contribution in [0.4, 0.5) is 0 Å². The molecule has 0 aliphatic heterocycles. The smallest absolute Gasteiger partial charge is 0.0550 e. The van der Waals surface area contributed by atoms with Crippen molar-refractivity contribution in [3.63, 3.8) is 0 Å². The van der Waals surface area contributed by atoms with Crippen LogP contribution in [-0.2, 0) is 0 Å². The minimum absolute atomic E-state index is 1.08. The SMILES string of the molecule is N/N=C/c1c2ccccc2cc2ccccc12. The number of nitrogens with two attached hydrogens (primary N) is 1. The van der Waals surface area contributed by atoms with Crippen molar-refractivity contribution in [1.29, 1.82) is 0 Å². The number of hydrogen-bond donors (Lipinski definition) is 1. The number of nitrogens with zero attached hydrogens (tertiary/aromatic N) is 1. The minimum Gasteiger partial charge on any atom is -0.323 e. The molecule has 0 saturated heterocycles. The van der Waals surface area contributed by atoms with E-state index in [1.165, 1.54) is 21.5 Å². The van der Waals surface area contributed by atoms with E-state index in [9.17, 15) is 0 Å². The lowest BCUT2D eigenvalue weighted by atomic mass is 9.97. The second kappa shape index (κ2) is 3.91. The normalized spacial score (nSPS) is 11.5. The summed E-state index contributed by atoms with van der Waals surface area (Å²) in [5.74, 6) is 5.31. The summed E-state index contributed by atoms with van der Waals surface area (Å²) < 4.78 is 0. The molecule has 17 heavy (non-hydrogen) atoms. The second-order valence-corrected chi connectivity index (χ2v) is 4.01. The molecule has 0 heterocycles. The Balaban J connectivity index is 2.56. The van der Waals surface area contributed by atoms with Crippen LogP contribution in [0.1, 0.15) is 5.56 Å². The van der Waals surface area contributed by atoms with Crippen molar-refractivity contribution in [2.75, 3.05) is 0 Å². The lowest BCUT2D eigenvalue weighted by Gasteiger charge is -2.07. The average Bonchev–Trinajstić information content (AvgIpc) is 2.39. The zero-order chi connectivity index (χ0) is 11.7. The van der Waals surface area contributed by atoms with E-state index in [1.807, 2.05) is 24.3 Å². The lowest BCUT2D eigenvalue weighted by Crippen LogP contribution is -1.90. The first-order valence-corrected chi connectivity index (χ1v) is 5.54. The van der Waals surface area contributed by atoms with Gasteiger partial charge in [-0.3, -0.25) is 0 Å². The van der Waals surface area contributed by atoms with Crippen LogP contribution in [0.2, 0.25) is 0 Å². The Labute approximate surface area is 99.4 Å². The van der Waals surface area contributed by atoms with Gasteiger partial charge in [-0.1, -0.05) is 48.5 Å². The van der Waals surface area contributed by atoms with Crippen LogP contribution in [0.3, 0.4) is 0 Å². The minimum atomic E-state index is 1.08. The standard InChI is InChI=1S/C15H12N2/c16-17-10-15-13-7-3-1-5-11(13)9-12-6-2-4-8-14(12)15/h1-10H,16H2/b17-10+. The molecule has 0 radical (unpaired) electrons. The van der Waals surface area contributed by atoms with E-state index in [1.54, 1.807) is 6.21 Å². The topological polar surface area (TPSA) is 38.4 Å². The zero-order valence-corrected chi connectivity index (χ0v) is 9.30. The molecule has 0 amide bonds. The summed E-state index contributed by atoms with van der Waals surface area (Å²) in [5, 5.41) is 8.46. The first-order chi connectivity index (χ1) is 8.40. The third-order valence-electron chi connectivity index (χ3n) is 3.02. The summed E-state index contributed by atoms with van der Waals surface area (Å²) in [6.45, 7) is 0. The molecular formula is C15H12N2. The lowest BCUT2D eigenvalue weighted by molar-refractivity contribution is 1.27. The Morgan fingerprint density at radius 1 is 0.824 bits per heavy atom. The van der Waals surface area contributed by atoms with E-state index in [2.05, 4.69) is 35.4 Å². The molecule has 3 rings (SSSR count).